The molecule has 0 fully saturated rings. The fourth-order valence-corrected chi connectivity index (χ4v) is 2.63. The number of benzene rings is 2. The van der Waals surface area contributed by atoms with Crippen LogP contribution in [0.5, 0.6) is 0 Å². The average molecular weight is 313 g/mol. The van der Waals surface area contributed by atoms with Crippen molar-refractivity contribution in [2.24, 2.45) is 5.73 Å². The van der Waals surface area contributed by atoms with E-state index in [-0.39, 0.29) is 0 Å². The molecule has 4 nitrogen and oxygen atoms in total. The van der Waals surface area contributed by atoms with Crippen LogP contribution in [0.1, 0.15) is 22.5 Å². The molecule has 22 heavy (non-hydrogen) atoms. The van der Waals surface area contributed by atoms with Crippen LogP contribution in [-0.2, 0) is 13.0 Å². The quantitative estimate of drug-likeness (QED) is 0.804. The van der Waals surface area contributed by atoms with Crippen molar-refractivity contribution in [3.63, 3.8) is 0 Å². The Hall–Kier alpha value is -2.17. The first-order chi connectivity index (χ1) is 10.7. The summed E-state index contributed by atoms with van der Waals surface area (Å²) < 4.78 is 1.84. The molecule has 3 rings (SSSR count). The molecule has 0 amide bonds. The number of aryl methyl sites for hydroxylation is 1. The third-order valence-electron chi connectivity index (χ3n) is 3.65. The van der Waals surface area contributed by atoms with E-state index in [9.17, 15) is 0 Å². The lowest BCUT2D eigenvalue weighted by Crippen LogP contribution is -2.08. The van der Waals surface area contributed by atoms with Gasteiger partial charge in [-0.05, 0) is 30.2 Å². The zero-order valence-electron chi connectivity index (χ0n) is 12.3. The normalized spacial score (nSPS) is 10.9. The summed E-state index contributed by atoms with van der Waals surface area (Å²) in [5.41, 5.74) is 10.9. The van der Waals surface area contributed by atoms with Gasteiger partial charge in [0.1, 0.15) is 5.69 Å². The predicted molar refractivity (Wildman–Crippen MR) is 88.2 cm³/mol. The fourth-order valence-electron chi connectivity index (χ4n) is 2.46. The van der Waals surface area contributed by atoms with E-state index in [4.69, 9.17) is 17.3 Å². The van der Waals surface area contributed by atoms with Gasteiger partial charge in [0.2, 0.25) is 0 Å². The minimum Gasteiger partial charge on any atom is -0.325 e. The van der Waals surface area contributed by atoms with Crippen LogP contribution in [0.2, 0.25) is 5.02 Å². The lowest BCUT2D eigenvalue weighted by Gasteiger charge is -2.11. The van der Waals surface area contributed by atoms with E-state index in [1.165, 1.54) is 5.56 Å². The van der Waals surface area contributed by atoms with E-state index >= 15 is 0 Å². The molecule has 0 aliphatic heterocycles. The molecule has 1 heterocycles. The molecule has 1 aromatic heterocycles. The molecule has 0 saturated heterocycles. The minimum atomic E-state index is 0.363. The van der Waals surface area contributed by atoms with E-state index in [0.29, 0.717) is 11.6 Å². The number of hydrogen-bond acceptors (Lipinski definition) is 3. The first kappa shape index (κ1) is 14.8. The number of hydrogen-bond donors (Lipinski definition) is 1. The highest BCUT2D eigenvalue weighted by Crippen LogP contribution is 2.22. The molecule has 0 atom stereocenters. The number of nitrogens with zero attached hydrogens (tertiary/aromatic N) is 3. The highest BCUT2D eigenvalue weighted by Gasteiger charge is 2.15. The van der Waals surface area contributed by atoms with Gasteiger partial charge >= 0.3 is 0 Å². The van der Waals surface area contributed by atoms with Gasteiger partial charge < -0.3 is 5.73 Å². The van der Waals surface area contributed by atoms with Crippen LogP contribution < -0.4 is 5.73 Å². The van der Waals surface area contributed by atoms with Gasteiger partial charge in [0, 0.05) is 18.0 Å². The lowest BCUT2D eigenvalue weighted by atomic mass is 10.1. The summed E-state index contributed by atoms with van der Waals surface area (Å²) in [5.74, 6) is 0. The van der Waals surface area contributed by atoms with E-state index in [1.807, 2.05) is 48.0 Å². The molecule has 3 aromatic rings. The highest BCUT2D eigenvalue weighted by atomic mass is 35.5. The average Bonchev–Trinajstić information content (AvgIpc) is 2.93. The number of halogens is 1. The Morgan fingerprint density at radius 2 is 1.91 bits per heavy atom. The Balaban J connectivity index is 2.09. The summed E-state index contributed by atoms with van der Waals surface area (Å²) in [5, 5.41) is 9.18. The predicted octanol–water partition coefficient (Wildman–Crippen LogP) is 3.28. The smallest absolute Gasteiger partial charge is 0.100 e. The van der Waals surface area contributed by atoms with Crippen molar-refractivity contribution in [2.45, 2.75) is 19.9 Å². The van der Waals surface area contributed by atoms with Crippen molar-refractivity contribution in [3.05, 3.63) is 76.1 Å². The van der Waals surface area contributed by atoms with Gasteiger partial charge in [0.05, 0.1) is 11.4 Å². The second-order valence-corrected chi connectivity index (χ2v) is 5.63. The number of rotatable bonds is 4. The summed E-state index contributed by atoms with van der Waals surface area (Å²) in [6.07, 6.45) is 0.728. The zero-order valence-corrected chi connectivity index (χ0v) is 13.1. The van der Waals surface area contributed by atoms with E-state index in [0.717, 1.165) is 29.1 Å². The summed E-state index contributed by atoms with van der Waals surface area (Å²) in [7, 11) is 0. The van der Waals surface area contributed by atoms with Gasteiger partial charge in [-0.2, -0.15) is 0 Å². The number of nitrogens with two attached hydrogens (primary N) is 1. The van der Waals surface area contributed by atoms with Crippen LogP contribution in [-0.4, -0.2) is 15.0 Å². The van der Waals surface area contributed by atoms with Crippen LogP contribution in [0.3, 0.4) is 0 Å². The first-order valence-corrected chi connectivity index (χ1v) is 7.51. The van der Waals surface area contributed by atoms with E-state index < -0.39 is 0 Å². The van der Waals surface area contributed by atoms with Crippen molar-refractivity contribution in [2.75, 3.05) is 0 Å². The third-order valence-corrected chi connectivity index (χ3v) is 3.89. The van der Waals surface area contributed by atoms with Crippen molar-refractivity contribution in [1.29, 1.82) is 0 Å². The van der Waals surface area contributed by atoms with Crippen LogP contribution in [0.4, 0.5) is 0 Å². The van der Waals surface area contributed by atoms with Crippen LogP contribution in [0.25, 0.3) is 5.69 Å². The maximum Gasteiger partial charge on any atom is 0.100 e. The third kappa shape index (κ3) is 2.89. The van der Waals surface area contributed by atoms with Crippen molar-refractivity contribution < 1.29 is 0 Å². The first-order valence-electron chi connectivity index (χ1n) is 7.13. The maximum atomic E-state index is 6.13. The molecule has 0 spiro atoms. The fraction of sp³-hybridized carbons (Fsp3) is 0.176. The zero-order chi connectivity index (χ0) is 15.5. The molecule has 5 heteroatoms. The molecule has 0 radical (unpaired) electrons. The van der Waals surface area contributed by atoms with Crippen molar-refractivity contribution >= 4 is 11.6 Å². The van der Waals surface area contributed by atoms with Crippen LogP contribution in [0.15, 0.2) is 48.5 Å². The Morgan fingerprint density at radius 1 is 1.14 bits per heavy atom. The molecule has 0 aliphatic rings. The Bertz CT molecular complexity index is 781. The maximum absolute atomic E-state index is 6.13. The molecular formula is C17H17ClN4. The van der Waals surface area contributed by atoms with Gasteiger partial charge in [-0.3, -0.25) is 0 Å². The van der Waals surface area contributed by atoms with Gasteiger partial charge in [-0.15, -0.1) is 5.10 Å². The van der Waals surface area contributed by atoms with E-state index in [2.05, 4.69) is 22.4 Å². The standard InChI is InChI=1S/C17H17ClN4/c1-12-7-8-14(18)10-16(12)22-17(15(11-19)20-21-22)9-13-5-3-2-4-6-13/h2-8,10H,9,11,19H2,1H3. The SMILES string of the molecule is Cc1ccc(Cl)cc1-n1nnc(CN)c1Cc1ccccc1. The molecule has 0 unspecified atom stereocenters. The molecule has 2 N–H and O–H groups in total. The molecule has 112 valence electrons. The molecule has 2 aromatic carbocycles. The second-order valence-electron chi connectivity index (χ2n) is 5.19. The van der Waals surface area contributed by atoms with Crippen molar-refractivity contribution in [3.8, 4) is 5.69 Å². The Morgan fingerprint density at radius 3 is 2.64 bits per heavy atom. The summed E-state index contributed by atoms with van der Waals surface area (Å²) in [6.45, 7) is 2.39. The summed E-state index contributed by atoms with van der Waals surface area (Å²) in [6, 6.07) is 16.0. The highest BCUT2D eigenvalue weighted by molar-refractivity contribution is 6.30. The number of aromatic nitrogens is 3. The lowest BCUT2D eigenvalue weighted by molar-refractivity contribution is 0.768. The topological polar surface area (TPSA) is 56.7 Å². The Kier molecular flexibility index (Phi) is 4.22. The van der Waals surface area contributed by atoms with Crippen molar-refractivity contribution in [1.82, 2.24) is 15.0 Å². The molecular weight excluding hydrogens is 296 g/mol. The van der Waals surface area contributed by atoms with Gasteiger partial charge in [-0.1, -0.05) is 53.2 Å². The minimum absolute atomic E-state index is 0.363. The van der Waals surface area contributed by atoms with E-state index in [1.54, 1.807) is 0 Å². The summed E-state index contributed by atoms with van der Waals surface area (Å²) in [4.78, 5) is 0. The monoisotopic (exact) mass is 312 g/mol. The molecule has 0 saturated carbocycles. The van der Waals surface area contributed by atoms with Gasteiger partial charge in [-0.25, -0.2) is 4.68 Å². The summed E-state index contributed by atoms with van der Waals surface area (Å²) >= 11 is 6.13. The van der Waals surface area contributed by atoms with Gasteiger partial charge in [0.15, 0.2) is 0 Å². The van der Waals surface area contributed by atoms with Crippen LogP contribution >= 0.6 is 11.6 Å². The molecule has 0 bridgehead atoms. The van der Waals surface area contributed by atoms with Crippen LogP contribution in [0, 0.1) is 6.92 Å². The second kappa shape index (κ2) is 6.30. The molecule has 0 aliphatic carbocycles. The van der Waals surface area contributed by atoms with Gasteiger partial charge in [0.25, 0.3) is 0 Å². The Labute approximate surface area is 134 Å². The largest absolute Gasteiger partial charge is 0.325 e.